The van der Waals surface area contributed by atoms with Crippen LogP contribution in [0.2, 0.25) is 0 Å². The van der Waals surface area contributed by atoms with Crippen molar-refractivity contribution in [3.63, 3.8) is 0 Å². The number of carbonyl (C=O) groups is 2. The van der Waals surface area contributed by atoms with Crippen molar-refractivity contribution < 1.29 is 14.7 Å². The molecule has 1 heterocycles. The number of rotatable bonds is 5. The predicted octanol–water partition coefficient (Wildman–Crippen LogP) is 0.00430. The minimum atomic E-state index is -0.802. The minimum Gasteiger partial charge on any atom is -0.481 e. The summed E-state index contributed by atoms with van der Waals surface area (Å²) >= 11 is 4.76. The maximum atomic E-state index is 11.1. The zero-order valence-electron chi connectivity index (χ0n) is 7.58. The number of hydrogen-bond donors (Lipinski definition) is 3. The number of hydrogen-bond acceptors (Lipinski definition) is 3. The zero-order valence-corrected chi connectivity index (χ0v) is 8.39. The van der Waals surface area contributed by atoms with Crippen molar-refractivity contribution in [1.82, 2.24) is 10.6 Å². The van der Waals surface area contributed by atoms with Crippen LogP contribution in [0.5, 0.6) is 0 Å². The summed E-state index contributed by atoms with van der Waals surface area (Å²) in [6.07, 6.45) is 2.07. The Morgan fingerprint density at radius 3 is 2.71 bits per heavy atom. The molecule has 5 nitrogen and oxygen atoms in total. The van der Waals surface area contributed by atoms with Gasteiger partial charge in [-0.15, -0.1) is 0 Å². The van der Waals surface area contributed by atoms with E-state index < -0.39 is 5.97 Å². The Morgan fingerprint density at radius 1 is 1.50 bits per heavy atom. The number of nitrogens with one attached hydrogen (secondary N) is 2. The molecule has 1 rings (SSSR count). The van der Waals surface area contributed by atoms with E-state index in [1.54, 1.807) is 0 Å². The Hall–Kier alpha value is -1.17. The summed E-state index contributed by atoms with van der Waals surface area (Å²) in [6.45, 7) is 0. The van der Waals surface area contributed by atoms with Crippen LogP contribution in [0.3, 0.4) is 0 Å². The largest absolute Gasteiger partial charge is 0.481 e. The van der Waals surface area contributed by atoms with Gasteiger partial charge in [0.15, 0.2) is 5.11 Å². The lowest BCUT2D eigenvalue weighted by atomic mass is 10.1. The van der Waals surface area contributed by atoms with Gasteiger partial charge in [0.1, 0.15) is 6.04 Å². The van der Waals surface area contributed by atoms with Crippen LogP contribution in [-0.4, -0.2) is 28.1 Å². The molecule has 1 amide bonds. The van der Waals surface area contributed by atoms with Crippen LogP contribution in [0, 0.1) is 0 Å². The average Bonchev–Trinajstić information content (AvgIpc) is 2.39. The summed E-state index contributed by atoms with van der Waals surface area (Å²) in [5.74, 6) is -0.922. The second kappa shape index (κ2) is 4.90. The molecular weight excluding hydrogens is 204 g/mol. The van der Waals surface area contributed by atoms with Crippen molar-refractivity contribution in [2.24, 2.45) is 0 Å². The molecule has 0 aliphatic carbocycles. The Bertz CT molecular complexity index is 267. The second-order valence-electron chi connectivity index (χ2n) is 3.15. The van der Waals surface area contributed by atoms with Crippen molar-refractivity contribution >= 4 is 29.2 Å². The first-order valence-corrected chi connectivity index (χ1v) is 4.83. The Morgan fingerprint density at radius 2 is 2.21 bits per heavy atom. The molecule has 6 heteroatoms. The number of carboxylic acid groups (broad SMARTS) is 1. The molecule has 14 heavy (non-hydrogen) atoms. The molecule has 1 saturated heterocycles. The van der Waals surface area contributed by atoms with Crippen LogP contribution in [0.15, 0.2) is 0 Å². The molecule has 1 aliphatic heterocycles. The highest BCUT2D eigenvalue weighted by Crippen LogP contribution is 2.06. The minimum absolute atomic E-state index is 0.120. The summed E-state index contributed by atoms with van der Waals surface area (Å²) in [5, 5.41) is 14.0. The highest BCUT2D eigenvalue weighted by Gasteiger charge is 2.25. The lowest BCUT2D eigenvalue weighted by Gasteiger charge is -2.05. The quantitative estimate of drug-likeness (QED) is 0.445. The van der Waals surface area contributed by atoms with E-state index in [0.29, 0.717) is 24.4 Å². The molecule has 0 aromatic heterocycles. The molecule has 1 aliphatic rings. The molecule has 0 aromatic rings. The summed E-state index contributed by atoms with van der Waals surface area (Å²) in [7, 11) is 0. The first-order chi connectivity index (χ1) is 6.59. The van der Waals surface area contributed by atoms with E-state index in [9.17, 15) is 9.59 Å². The smallest absolute Gasteiger partial charge is 0.303 e. The van der Waals surface area contributed by atoms with Crippen LogP contribution in [0.1, 0.15) is 25.7 Å². The molecule has 0 bridgehead atoms. The average molecular weight is 216 g/mol. The monoisotopic (exact) mass is 216 g/mol. The maximum absolute atomic E-state index is 11.1. The van der Waals surface area contributed by atoms with Gasteiger partial charge in [-0.2, -0.15) is 0 Å². The summed E-state index contributed by atoms with van der Waals surface area (Å²) < 4.78 is 0. The lowest BCUT2D eigenvalue weighted by molar-refractivity contribution is -0.137. The molecule has 3 N–H and O–H groups in total. The maximum Gasteiger partial charge on any atom is 0.303 e. The molecule has 0 aromatic carbocycles. The summed E-state index contributed by atoms with van der Waals surface area (Å²) in [6, 6.07) is -0.281. The third kappa shape index (κ3) is 3.29. The number of thiocarbonyl (C=S) groups is 1. The third-order valence-corrected chi connectivity index (χ3v) is 2.21. The SMILES string of the molecule is O=C(O)CCCCC1NC(=S)NC1=O. The highest BCUT2D eigenvalue weighted by atomic mass is 32.1. The number of carbonyl (C=O) groups excluding carboxylic acids is 1. The molecule has 0 spiro atoms. The highest BCUT2D eigenvalue weighted by molar-refractivity contribution is 7.80. The first-order valence-electron chi connectivity index (χ1n) is 4.43. The fourth-order valence-electron chi connectivity index (χ4n) is 1.29. The van der Waals surface area contributed by atoms with Gasteiger partial charge >= 0.3 is 5.97 Å². The van der Waals surface area contributed by atoms with Crippen molar-refractivity contribution in [3.05, 3.63) is 0 Å². The van der Waals surface area contributed by atoms with Crippen LogP contribution < -0.4 is 10.6 Å². The third-order valence-electron chi connectivity index (χ3n) is 1.99. The normalized spacial score (nSPS) is 20.4. The Labute approximate surface area is 86.9 Å². The van der Waals surface area contributed by atoms with Crippen LogP contribution >= 0.6 is 12.2 Å². The molecule has 0 saturated carbocycles. The van der Waals surface area contributed by atoms with Crippen LogP contribution in [0.25, 0.3) is 0 Å². The Kier molecular flexibility index (Phi) is 3.82. The van der Waals surface area contributed by atoms with Gasteiger partial charge in [-0.1, -0.05) is 6.42 Å². The van der Waals surface area contributed by atoms with E-state index in [4.69, 9.17) is 17.3 Å². The molecule has 1 atom stereocenters. The van der Waals surface area contributed by atoms with Crippen molar-refractivity contribution in [3.8, 4) is 0 Å². The topological polar surface area (TPSA) is 78.4 Å². The molecular formula is C8H12N2O3S. The number of unbranched alkanes of at least 4 members (excludes halogenated alkanes) is 1. The molecule has 0 radical (unpaired) electrons. The van der Waals surface area contributed by atoms with Gasteiger partial charge < -0.3 is 15.7 Å². The van der Waals surface area contributed by atoms with Gasteiger partial charge in [-0.05, 0) is 25.1 Å². The van der Waals surface area contributed by atoms with Gasteiger partial charge in [-0.25, -0.2) is 0 Å². The van der Waals surface area contributed by atoms with E-state index in [2.05, 4.69) is 10.6 Å². The van der Waals surface area contributed by atoms with Crippen molar-refractivity contribution in [2.75, 3.05) is 0 Å². The van der Waals surface area contributed by atoms with Crippen molar-refractivity contribution in [1.29, 1.82) is 0 Å². The lowest BCUT2D eigenvalue weighted by Crippen LogP contribution is -2.28. The fourth-order valence-corrected chi connectivity index (χ4v) is 1.53. The molecule has 78 valence electrons. The number of aliphatic carboxylic acids is 1. The Balaban J connectivity index is 2.16. The predicted molar refractivity (Wildman–Crippen MR) is 53.8 cm³/mol. The van der Waals surface area contributed by atoms with E-state index in [-0.39, 0.29) is 18.4 Å². The number of amides is 1. The second-order valence-corrected chi connectivity index (χ2v) is 3.56. The van der Waals surface area contributed by atoms with E-state index in [0.717, 1.165) is 0 Å². The molecule has 1 fully saturated rings. The fraction of sp³-hybridized carbons (Fsp3) is 0.625. The van der Waals surface area contributed by atoms with Gasteiger partial charge in [0.2, 0.25) is 5.91 Å². The first kappa shape index (κ1) is 10.9. The number of carboxylic acids is 1. The van der Waals surface area contributed by atoms with E-state index in [1.165, 1.54) is 0 Å². The van der Waals surface area contributed by atoms with Gasteiger partial charge in [-0.3, -0.25) is 9.59 Å². The van der Waals surface area contributed by atoms with E-state index >= 15 is 0 Å². The summed E-state index contributed by atoms with van der Waals surface area (Å²) in [5.41, 5.74) is 0. The molecule has 1 unspecified atom stereocenters. The van der Waals surface area contributed by atoms with Gasteiger partial charge in [0.25, 0.3) is 0 Å². The van der Waals surface area contributed by atoms with E-state index in [1.807, 2.05) is 0 Å². The van der Waals surface area contributed by atoms with Gasteiger partial charge in [0.05, 0.1) is 0 Å². The van der Waals surface area contributed by atoms with Crippen molar-refractivity contribution in [2.45, 2.75) is 31.7 Å². The van der Waals surface area contributed by atoms with Gasteiger partial charge in [0, 0.05) is 6.42 Å². The zero-order chi connectivity index (χ0) is 10.6. The van der Waals surface area contributed by atoms with Crippen LogP contribution in [-0.2, 0) is 9.59 Å². The summed E-state index contributed by atoms with van der Waals surface area (Å²) in [4.78, 5) is 21.3. The standard InChI is InChI=1S/C8H12N2O3S/c11-6(12)4-2-1-3-5-7(13)10-8(14)9-5/h5H,1-4H2,(H,11,12)(H2,9,10,13,14). The van der Waals surface area contributed by atoms with Crippen LogP contribution in [0.4, 0.5) is 0 Å².